The molecule has 1 fully saturated rings. The molecule has 0 aromatic heterocycles. The fourth-order valence-corrected chi connectivity index (χ4v) is 3.50. The van der Waals surface area contributed by atoms with E-state index in [4.69, 9.17) is 4.74 Å². The molecule has 1 saturated heterocycles. The molecule has 3 rings (SSSR count). The number of amides is 1. The normalized spacial score (nSPS) is 17.2. The fourth-order valence-electron chi connectivity index (χ4n) is 2.14. The van der Waals surface area contributed by atoms with Gasteiger partial charge in [-0.25, -0.2) is 9.38 Å². The lowest BCUT2D eigenvalue weighted by Crippen LogP contribution is -2.19. The Morgan fingerprint density at radius 2 is 2.04 bits per heavy atom. The number of aliphatic imine (C=N–C) groups is 1. The first kappa shape index (κ1) is 17.7. The zero-order valence-corrected chi connectivity index (χ0v) is 15.7. The van der Waals surface area contributed by atoms with Crippen LogP contribution in [0.15, 0.2) is 56.8 Å². The lowest BCUT2D eigenvalue weighted by Gasteiger charge is -2.06. The fraction of sp³-hybridized carbons (Fsp3) is 0.111. The van der Waals surface area contributed by atoms with E-state index < -0.39 is 0 Å². The SMILES string of the molecule is CCOc1ccc(/C=C2/SC(=Nc3ccc(F)cc3)NC2=O)cc1Br. The average Bonchev–Trinajstić information content (AvgIpc) is 2.92. The number of benzene rings is 2. The molecule has 1 aliphatic rings. The zero-order valence-electron chi connectivity index (χ0n) is 13.3. The molecule has 1 aliphatic heterocycles. The second kappa shape index (κ2) is 7.84. The lowest BCUT2D eigenvalue weighted by atomic mass is 10.2. The van der Waals surface area contributed by atoms with Crippen LogP contribution in [0.2, 0.25) is 0 Å². The van der Waals surface area contributed by atoms with Crippen molar-refractivity contribution >= 4 is 50.5 Å². The van der Waals surface area contributed by atoms with E-state index in [2.05, 4.69) is 26.2 Å². The first-order valence-corrected chi connectivity index (χ1v) is 9.13. The number of nitrogens with one attached hydrogen (secondary N) is 1. The van der Waals surface area contributed by atoms with Gasteiger partial charge in [0.2, 0.25) is 0 Å². The molecule has 2 aromatic rings. The molecular weight excluding hydrogens is 407 g/mol. The molecule has 1 heterocycles. The first-order chi connectivity index (χ1) is 12.0. The molecule has 4 nitrogen and oxygen atoms in total. The summed E-state index contributed by atoms with van der Waals surface area (Å²) in [6.07, 6.45) is 1.79. The van der Waals surface area contributed by atoms with E-state index in [1.54, 1.807) is 18.2 Å². The minimum Gasteiger partial charge on any atom is -0.493 e. The van der Waals surface area contributed by atoms with Crippen molar-refractivity contribution in [2.45, 2.75) is 6.92 Å². The third-order valence-electron chi connectivity index (χ3n) is 3.26. The Kier molecular flexibility index (Phi) is 5.55. The van der Waals surface area contributed by atoms with Crippen LogP contribution in [-0.2, 0) is 4.79 Å². The van der Waals surface area contributed by atoms with Crippen molar-refractivity contribution < 1.29 is 13.9 Å². The molecular formula is C18H14BrFN2O2S. The number of carbonyl (C=O) groups excluding carboxylic acids is 1. The molecule has 1 amide bonds. The summed E-state index contributed by atoms with van der Waals surface area (Å²) in [6, 6.07) is 11.4. The molecule has 7 heteroatoms. The number of nitrogens with zero attached hydrogens (tertiary/aromatic N) is 1. The van der Waals surface area contributed by atoms with Gasteiger partial charge in [-0.1, -0.05) is 6.07 Å². The predicted octanol–water partition coefficient (Wildman–Crippen LogP) is 4.88. The summed E-state index contributed by atoms with van der Waals surface area (Å²) in [4.78, 5) is 17.0. The van der Waals surface area contributed by atoms with Gasteiger partial charge in [0.1, 0.15) is 11.6 Å². The summed E-state index contributed by atoms with van der Waals surface area (Å²) >= 11 is 4.70. The number of rotatable bonds is 4. The first-order valence-electron chi connectivity index (χ1n) is 7.52. The number of ether oxygens (including phenoxy) is 1. The third kappa shape index (κ3) is 4.49. The van der Waals surface area contributed by atoms with Gasteiger partial charge in [-0.3, -0.25) is 4.79 Å². The predicted molar refractivity (Wildman–Crippen MR) is 103 cm³/mol. The number of halogens is 2. The van der Waals surface area contributed by atoms with E-state index in [9.17, 15) is 9.18 Å². The molecule has 0 atom stereocenters. The van der Waals surface area contributed by atoms with Crippen molar-refractivity contribution in [1.82, 2.24) is 5.32 Å². The van der Waals surface area contributed by atoms with E-state index in [0.29, 0.717) is 22.4 Å². The summed E-state index contributed by atoms with van der Waals surface area (Å²) < 4.78 is 19.2. The van der Waals surface area contributed by atoms with Crippen LogP contribution >= 0.6 is 27.7 Å². The monoisotopic (exact) mass is 420 g/mol. The Balaban J connectivity index is 1.79. The molecule has 0 saturated carbocycles. The van der Waals surface area contributed by atoms with Crippen molar-refractivity contribution in [2.24, 2.45) is 4.99 Å². The van der Waals surface area contributed by atoms with Crippen LogP contribution < -0.4 is 10.1 Å². The van der Waals surface area contributed by atoms with E-state index in [0.717, 1.165) is 15.8 Å². The number of hydrogen-bond acceptors (Lipinski definition) is 4. The maximum Gasteiger partial charge on any atom is 0.264 e. The largest absolute Gasteiger partial charge is 0.493 e. The number of amidine groups is 1. The summed E-state index contributed by atoms with van der Waals surface area (Å²) in [6.45, 7) is 2.50. The molecule has 25 heavy (non-hydrogen) atoms. The molecule has 0 aliphatic carbocycles. The van der Waals surface area contributed by atoms with Gasteiger partial charge in [-0.05, 0) is 82.7 Å². The van der Waals surface area contributed by atoms with Gasteiger partial charge in [0.15, 0.2) is 5.17 Å². The average molecular weight is 421 g/mol. The smallest absolute Gasteiger partial charge is 0.264 e. The molecule has 0 unspecified atom stereocenters. The van der Waals surface area contributed by atoms with Gasteiger partial charge in [-0.15, -0.1) is 0 Å². The summed E-state index contributed by atoms with van der Waals surface area (Å²) in [5.41, 5.74) is 1.45. The van der Waals surface area contributed by atoms with Gasteiger partial charge < -0.3 is 10.1 Å². The summed E-state index contributed by atoms with van der Waals surface area (Å²) in [7, 11) is 0. The quantitative estimate of drug-likeness (QED) is 0.717. The van der Waals surface area contributed by atoms with Gasteiger partial charge in [0, 0.05) is 0 Å². The molecule has 0 spiro atoms. The van der Waals surface area contributed by atoms with E-state index in [1.165, 1.54) is 23.9 Å². The second-order valence-corrected chi connectivity index (χ2v) is 6.97. The van der Waals surface area contributed by atoms with Crippen LogP contribution in [-0.4, -0.2) is 17.7 Å². The highest BCUT2D eigenvalue weighted by Crippen LogP contribution is 2.31. The van der Waals surface area contributed by atoms with E-state index >= 15 is 0 Å². The van der Waals surface area contributed by atoms with Crippen LogP contribution in [0.3, 0.4) is 0 Å². The highest BCUT2D eigenvalue weighted by atomic mass is 79.9. The van der Waals surface area contributed by atoms with Gasteiger partial charge in [0.25, 0.3) is 5.91 Å². The Morgan fingerprint density at radius 3 is 2.72 bits per heavy atom. The molecule has 0 bridgehead atoms. The Hall–Kier alpha value is -2.12. The molecule has 2 aromatic carbocycles. The Labute approximate surface area is 157 Å². The highest BCUT2D eigenvalue weighted by Gasteiger charge is 2.23. The molecule has 1 N–H and O–H groups in total. The maximum absolute atomic E-state index is 12.9. The third-order valence-corrected chi connectivity index (χ3v) is 4.79. The van der Waals surface area contributed by atoms with Crippen molar-refractivity contribution in [1.29, 1.82) is 0 Å². The van der Waals surface area contributed by atoms with Crippen molar-refractivity contribution in [3.8, 4) is 5.75 Å². The Bertz CT molecular complexity index is 866. The van der Waals surface area contributed by atoms with Crippen LogP contribution in [0.4, 0.5) is 10.1 Å². The van der Waals surface area contributed by atoms with Crippen LogP contribution in [0, 0.1) is 5.82 Å². The number of thioether (sulfide) groups is 1. The molecule has 128 valence electrons. The lowest BCUT2D eigenvalue weighted by molar-refractivity contribution is -0.115. The van der Waals surface area contributed by atoms with Crippen molar-refractivity contribution in [3.05, 3.63) is 63.2 Å². The van der Waals surface area contributed by atoms with Crippen LogP contribution in [0.5, 0.6) is 5.75 Å². The highest BCUT2D eigenvalue weighted by molar-refractivity contribution is 9.10. The van der Waals surface area contributed by atoms with Crippen molar-refractivity contribution in [2.75, 3.05) is 6.61 Å². The van der Waals surface area contributed by atoms with E-state index in [-0.39, 0.29) is 11.7 Å². The van der Waals surface area contributed by atoms with E-state index in [1.807, 2.05) is 25.1 Å². The van der Waals surface area contributed by atoms with Crippen LogP contribution in [0.25, 0.3) is 6.08 Å². The number of carbonyl (C=O) groups is 1. The molecule has 0 radical (unpaired) electrons. The zero-order chi connectivity index (χ0) is 17.8. The van der Waals surface area contributed by atoms with Gasteiger partial charge >= 0.3 is 0 Å². The summed E-state index contributed by atoms with van der Waals surface area (Å²) in [5, 5.41) is 3.17. The Morgan fingerprint density at radius 1 is 1.28 bits per heavy atom. The topological polar surface area (TPSA) is 50.7 Å². The minimum absolute atomic E-state index is 0.212. The summed E-state index contributed by atoms with van der Waals surface area (Å²) in [5.74, 6) is 0.219. The standard InChI is InChI=1S/C18H14BrFN2O2S/c1-2-24-15-8-3-11(9-14(15)19)10-16-17(23)22-18(25-16)21-13-6-4-12(20)5-7-13/h3-10H,2H2,1H3,(H,21,22,23)/b16-10+. The number of hydrogen-bond donors (Lipinski definition) is 1. The van der Waals surface area contributed by atoms with Crippen molar-refractivity contribution in [3.63, 3.8) is 0 Å². The van der Waals surface area contributed by atoms with Gasteiger partial charge in [0.05, 0.1) is 21.7 Å². The minimum atomic E-state index is -0.325. The van der Waals surface area contributed by atoms with Crippen LogP contribution in [0.1, 0.15) is 12.5 Å². The van der Waals surface area contributed by atoms with Gasteiger partial charge in [-0.2, -0.15) is 0 Å². The second-order valence-electron chi connectivity index (χ2n) is 5.08. The maximum atomic E-state index is 12.9.